The van der Waals surface area contributed by atoms with E-state index >= 15 is 0 Å². The third-order valence-corrected chi connectivity index (χ3v) is 6.94. The van der Waals surface area contributed by atoms with Crippen molar-refractivity contribution in [3.63, 3.8) is 0 Å². The Kier molecular flexibility index (Phi) is 6.78. The number of nitrogens with zero attached hydrogens (tertiary/aromatic N) is 2. The molecule has 10 heteroatoms. The number of pyridine rings is 1. The third kappa shape index (κ3) is 5.17. The van der Waals surface area contributed by atoms with Crippen molar-refractivity contribution in [3.05, 3.63) is 111 Å². The number of carbonyl (C=O) groups is 1. The lowest BCUT2D eigenvalue weighted by Crippen LogP contribution is -2.24. The first kappa shape index (κ1) is 23.6. The largest absolute Gasteiger partial charge is 0.456 e. The minimum absolute atomic E-state index is 0.00169. The van der Waals surface area contributed by atoms with E-state index in [9.17, 15) is 18.0 Å². The van der Waals surface area contributed by atoms with Crippen LogP contribution in [0.3, 0.4) is 0 Å². The average molecular weight is 498 g/mol. The molecule has 0 amide bonds. The van der Waals surface area contributed by atoms with Gasteiger partial charge in [0.1, 0.15) is 17.1 Å². The highest BCUT2D eigenvalue weighted by atomic mass is 35.5. The van der Waals surface area contributed by atoms with Gasteiger partial charge in [-0.3, -0.25) is 9.20 Å². The molecule has 8 nitrogen and oxygen atoms in total. The summed E-state index contributed by atoms with van der Waals surface area (Å²) in [7, 11) is -3.99. The number of esters is 1. The van der Waals surface area contributed by atoms with Crippen LogP contribution in [0.4, 0.5) is 0 Å². The number of benzene rings is 2. The van der Waals surface area contributed by atoms with Crippen molar-refractivity contribution in [3.8, 4) is 0 Å². The Labute approximate surface area is 200 Å². The molecule has 174 valence electrons. The maximum Gasteiger partial charge on any atom is 0.338 e. The molecule has 2 aromatic carbocycles. The fourth-order valence-corrected chi connectivity index (χ4v) is 4.84. The third-order valence-electron chi connectivity index (χ3n) is 5.06. The van der Waals surface area contributed by atoms with Gasteiger partial charge in [0.2, 0.25) is 10.0 Å². The van der Waals surface area contributed by atoms with Gasteiger partial charge in [-0.1, -0.05) is 48.0 Å². The number of aromatic nitrogens is 2. The van der Waals surface area contributed by atoms with Crippen molar-refractivity contribution >= 4 is 33.2 Å². The number of halogens is 1. The van der Waals surface area contributed by atoms with Crippen LogP contribution in [-0.4, -0.2) is 23.8 Å². The first-order chi connectivity index (χ1) is 16.2. The van der Waals surface area contributed by atoms with E-state index in [1.165, 1.54) is 22.6 Å². The molecule has 0 spiro atoms. The minimum Gasteiger partial charge on any atom is -0.456 e. The number of hydrogen-bond donors (Lipinski definition) is 1. The van der Waals surface area contributed by atoms with Gasteiger partial charge in [0.05, 0.1) is 16.3 Å². The number of nitrogens with one attached hydrogen (secondary N) is 1. The minimum atomic E-state index is -3.99. The zero-order valence-corrected chi connectivity index (χ0v) is 19.6. The van der Waals surface area contributed by atoms with Crippen LogP contribution >= 0.6 is 11.6 Å². The Bertz CT molecular complexity index is 1540. The lowest BCUT2D eigenvalue weighted by atomic mass is 10.2. The number of hydrogen-bond acceptors (Lipinski definition) is 6. The summed E-state index contributed by atoms with van der Waals surface area (Å²) in [6, 6.07) is 17.7. The Morgan fingerprint density at radius 2 is 1.85 bits per heavy atom. The van der Waals surface area contributed by atoms with Gasteiger partial charge in [0.25, 0.3) is 5.56 Å². The molecule has 0 bridgehead atoms. The van der Waals surface area contributed by atoms with Gasteiger partial charge in [0, 0.05) is 18.8 Å². The van der Waals surface area contributed by atoms with Gasteiger partial charge in [-0.05, 0) is 42.3 Å². The topological polar surface area (TPSA) is 107 Å². The summed E-state index contributed by atoms with van der Waals surface area (Å²) in [5.74, 6) is -0.775. The highest BCUT2D eigenvalue weighted by Crippen LogP contribution is 2.23. The van der Waals surface area contributed by atoms with Crippen LogP contribution in [0, 0.1) is 6.92 Å². The summed E-state index contributed by atoms with van der Waals surface area (Å²) in [5.41, 5.74) is 2.00. The number of sulfonamides is 1. The molecule has 2 heterocycles. The lowest BCUT2D eigenvalue weighted by Gasteiger charge is -2.11. The summed E-state index contributed by atoms with van der Waals surface area (Å²) in [6.07, 6.45) is 1.61. The molecule has 34 heavy (non-hydrogen) atoms. The molecule has 4 rings (SSSR count). The number of ether oxygens (including phenoxy) is 1. The van der Waals surface area contributed by atoms with E-state index < -0.39 is 16.0 Å². The zero-order valence-electron chi connectivity index (χ0n) is 18.1. The van der Waals surface area contributed by atoms with Crippen LogP contribution in [0.1, 0.15) is 27.2 Å². The Balaban J connectivity index is 1.51. The zero-order chi connectivity index (χ0) is 24.3. The van der Waals surface area contributed by atoms with E-state index in [1.807, 2.05) is 19.1 Å². The monoisotopic (exact) mass is 497 g/mol. The standard InChI is InChI=1S/C24H20ClN3O5S/c1-16-6-5-11-28-22(29)13-19(27-23(16)28)15-33-24(30)18-9-10-20(25)21(12-18)34(31,32)26-14-17-7-3-2-4-8-17/h2-13,26H,14-15H2,1H3. The number of aryl methyl sites for hydroxylation is 1. The summed E-state index contributed by atoms with van der Waals surface area (Å²) in [5, 5.41) is -0.0307. The van der Waals surface area contributed by atoms with Gasteiger partial charge >= 0.3 is 5.97 Å². The SMILES string of the molecule is Cc1cccn2c(=O)cc(COC(=O)c3ccc(Cl)c(S(=O)(=O)NCc4ccccc4)c3)nc12. The first-order valence-electron chi connectivity index (χ1n) is 10.2. The molecule has 0 aliphatic carbocycles. The summed E-state index contributed by atoms with van der Waals surface area (Å²) in [6.45, 7) is 1.63. The quantitative estimate of drug-likeness (QED) is 0.392. The Hall–Kier alpha value is -3.53. The molecule has 0 aliphatic heterocycles. The highest BCUT2D eigenvalue weighted by Gasteiger charge is 2.21. The van der Waals surface area contributed by atoms with E-state index in [0.717, 1.165) is 17.2 Å². The molecule has 0 saturated carbocycles. The predicted octanol–water partition coefficient (Wildman–Crippen LogP) is 3.49. The van der Waals surface area contributed by atoms with Crippen LogP contribution in [0.15, 0.2) is 82.6 Å². The van der Waals surface area contributed by atoms with E-state index in [4.69, 9.17) is 16.3 Å². The number of fused-ring (bicyclic) bond motifs is 1. The molecule has 0 radical (unpaired) electrons. The number of carbonyl (C=O) groups excluding carboxylic acids is 1. The Morgan fingerprint density at radius 1 is 1.09 bits per heavy atom. The molecule has 0 atom stereocenters. The number of rotatable bonds is 7. The van der Waals surface area contributed by atoms with Crippen LogP contribution in [0.2, 0.25) is 5.02 Å². The molecule has 0 saturated heterocycles. The fraction of sp³-hybridized carbons (Fsp3) is 0.125. The van der Waals surface area contributed by atoms with Crippen molar-refractivity contribution in [2.45, 2.75) is 25.0 Å². The first-order valence-corrected chi connectivity index (χ1v) is 12.1. The van der Waals surface area contributed by atoms with Crippen LogP contribution in [-0.2, 0) is 27.9 Å². The van der Waals surface area contributed by atoms with Crippen LogP contribution < -0.4 is 10.3 Å². The Morgan fingerprint density at radius 3 is 2.62 bits per heavy atom. The van der Waals surface area contributed by atoms with Crippen LogP contribution in [0.5, 0.6) is 0 Å². The second-order valence-electron chi connectivity index (χ2n) is 7.50. The molecular weight excluding hydrogens is 478 g/mol. The highest BCUT2D eigenvalue weighted by molar-refractivity contribution is 7.89. The lowest BCUT2D eigenvalue weighted by molar-refractivity contribution is 0.0467. The predicted molar refractivity (Wildman–Crippen MR) is 127 cm³/mol. The van der Waals surface area contributed by atoms with Crippen molar-refractivity contribution in [2.75, 3.05) is 0 Å². The maximum atomic E-state index is 12.8. The van der Waals surface area contributed by atoms with Crippen molar-refractivity contribution < 1.29 is 17.9 Å². The molecule has 2 aromatic heterocycles. The molecule has 0 unspecified atom stereocenters. The molecule has 1 N–H and O–H groups in total. The molecular formula is C24H20ClN3O5S. The second-order valence-corrected chi connectivity index (χ2v) is 9.64. The smallest absolute Gasteiger partial charge is 0.338 e. The normalized spacial score (nSPS) is 11.5. The van der Waals surface area contributed by atoms with Gasteiger partial charge in [-0.15, -0.1) is 0 Å². The van der Waals surface area contributed by atoms with E-state index in [2.05, 4.69) is 9.71 Å². The second kappa shape index (κ2) is 9.76. The maximum absolute atomic E-state index is 12.8. The summed E-state index contributed by atoms with van der Waals surface area (Å²) in [4.78, 5) is 29.1. The van der Waals surface area contributed by atoms with Crippen molar-refractivity contribution in [1.82, 2.24) is 14.1 Å². The van der Waals surface area contributed by atoms with E-state index in [0.29, 0.717) is 5.65 Å². The molecule has 0 fully saturated rings. The van der Waals surface area contributed by atoms with Gasteiger partial charge in [0.15, 0.2) is 0 Å². The fourth-order valence-electron chi connectivity index (χ4n) is 3.29. The van der Waals surface area contributed by atoms with Crippen molar-refractivity contribution in [1.29, 1.82) is 0 Å². The van der Waals surface area contributed by atoms with Gasteiger partial charge < -0.3 is 4.74 Å². The van der Waals surface area contributed by atoms with E-state index in [1.54, 1.807) is 36.5 Å². The molecule has 0 aliphatic rings. The van der Waals surface area contributed by atoms with Gasteiger partial charge in [-0.2, -0.15) is 0 Å². The van der Waals surface area contributed by atoms with Crippen molar-refractivity contribution in [2.24, 2.45) is 0 Å². The molecule has 4 aromatic rings. The average Bonchev–Trinajstić information content (AvgIpc) is 2.83. The van der Waals surface area contributed by atoms with Gasteiger partial charge in [-0.25, -0.2) is 22.9 Å². The van der Waals surface area contributed by atoms with Crippen LogP contribution in [0.25, 0.3) is 5.65 Å². The summed E-state index contributed by atoms with van der Waals surface area (Å²) >= 11 is 6.11. The summed E-state index contributed by atoms with van der Waals surface area (Å²) < 4.78 is 34.7. The van der Waals surface area contributed by atoms with E-state index in [-0.39, 0.29) is 39.9 Å².